The van der Waals surface area contributed by atoms with E-state index in [-0.39, 0.29) is 5.69 Å². The Balaban J connectivity index is 2.20. The molecule has 1 aromatic carbocycles. The summed E-state index contributed by atoms with van der Waals surface area (Å²) < 4.78 is 0. The highest BCUT2D eigenvalue weighted by Gasteiger charge is 2.17. The zero-order valence-corrected chi connectivity index (χ0v) is 10.9. The third-order valence-corrected chi connectivity index (χ3v) is 3.65. The van der Waals surface area contributed by atoms with Gasteiger partial charge in [0.2, 0.25) is 0 Å². The standard InChI is InChI=1S/C13H8N4O2S/c18-13(19)11-12(20-10-5-6-14-7-15-10)8-3-1-2-4-9(8)16-17-11/h1-7H,(H,18,19). The molecule has 0 fully saturated rings. The molecule has 0 aliphatic heterocycles. The Morgan fingerprint density at radius 2 is 2.00 bits per heavy atom. The van der Waals surface area contributed by atoms with Crippen LogP contribution >= 0.6 is 11.8 Å². The first-order chi connectivity index (χ1) is 9.75. The minimum atomic E-state index is -1.11. The fraction of sp³-hybridized carbons (Fsp3) is 0. The van der Waals surface area contributed by atoms with E-state index in [1.807, 2.05) is 18.2 Å². The highest BCUT2D eigenvalue weighted by Crippen LogP contribution is 2.33. The van der Waals surface area contributed by atoms with Gasteiger partial charge in [-0.3, -0.25) is 0 Å². The molecule has 0 spiro atoms. The smallest absolute Gasteiger partial charge is 0.357 e. The molecule has 2 heterocycles. The number of benzene rings is 1. The van der Waals surface area contributed by atoms with Crippen LogP contribution in [-0.2, 0) is 0 Å². The molecule has 7 heteroatoms. The molecule has 3 rings (SSSR count). The van der Waals surface area contributed by atoms with Gasteiger partial charge in [0.1, 0.15) is 11.4 Å². The Hall–Kier alpha value is -2.54. The SMILES string of the molecule is O=C(O)c1nnc2ccccc2c1Sc1ccncn1. The second-order valence-corrected chi connectivity index (χ2v) is 4.88. The van der Waals surface area contributed by atoms with Gasteiger partial charge in [0.15, 0.2) is 5.69 Å². The third-order valence-electron chi connectivity index (χ3n) is 2.59. The van der Waals surface area contributed by atoms with Gasteiger partial charge in [-0.15, -0.1) is 10.2 Å². The summed E-state index contributed by atoms with van der Waals surface area (Å²) in [7, 11) is 0. The van der Waals surface area contributed by atoms with Crippen molar-refractivity contribution in [2.75, 3.05) is 0 Å². The van der Waals surface area contributed by atoms with Crippen LogP contribution in [0.15, 0.2) is 52.8 Å². The lowest BCUT2D eigenvalue weighted by Crippen LogP contribution is -2.05. The minimum Gasteiger partial charge on any atom is -0.476 e. The van der Waals surface area contributed by atoms with Gasteiger partial charge >= 0.3 is 5.97 Å². The molecule has 3 aromatic rings. The lowest BCUT2D eigenvalue weighted by atomic mass is 10.2. The zero-order chi connectivity index (χ0) is 13.9. The molecule has 0 saturated heterocycles. The van der Waals surface area contributed by atoms with Crippen LogP contribution in [0.25, 0.3) is 10.9 Å². The number of hydrogen-bond donors (Lipinski definition) is 1. The van der Waals surface area contributed by atoms with Crippen molar-refractivity contribution < 1.29 is 9.90 Å². The van der Waals surface area contributed by atoms with Crippen molar-refractivity contribution in [1.29, 1.82) is 0 Å². The number of hydrogen-bond acceptors (Lipinski definition) is 6. The monoisotopic (exact) mass is 284 g/mol. The van der Waals surface area contributed by atoms with Crippen molar-refractivity contribution in [3.63, 3.8) is 0 Å². The average Bonchev–Trinajstić information content (AvgIpc) is 2.48. The summed E-state index contributed by atoms with van der Waals surface area (Å²) in [5.74, 6) is -1.11. The summed E-state index contributed by atoms with van der Waals surface area (Å²) in [6.45, 7) is 0. The van der Waals surface area contributed by atoms with Gasteiger partial charge in [0.05, 0.1) is 10.4 Å². The number of rotatable bonds is 3. The lowest BCUT2D eigenvalue weighted by molar-refractivity contribution is 0.0685. The van der Waals surface area contributed by atoms with E-state index >= 15 is 0 Å². The number of aromatic carboxylic acids is 1. The van der Waals surface area contributed by atoms with Crippen molar-refractivity contribution >= 4 is 28.6 Å². The Labute approximate surface area is 117 Å². The van der Waals surface area contributed by atoms with Gasteiger partial charge in [-0.2, -0.15) is 0 Å². The number of carboxylic acid groups (broad SMARTS) is 1. The quantitative estimate of drug-likeness (QED) is 0.738. The molecule has 0 aliphatic rings. The molecule has 1 N–H and O–H groups in total. The summed E-state index contributed by atoms with van der Waals surface area (Å²) in [4.78, 5) is 19.8. The molecule has 0 saturated carbocycles. The summed E-state index contributed by atoms with van der Waals surface area (Å²) in [6.07, 6.45) is 3.02. The van der Waals surface area contributed by atoms with E-state index in [4.69, 9.17) is 0 Å². The van der Waals surface area contributed by atoms with Crippen LogP contribution in [0.4, 0.5) is 0 Å². The van der Waals surface area contributed by atoms with Crippen LogP contribution in [0.1, 0.15) is 10.5 Å². The van der Waals surface area contributed by atoms with E-state index in [2.05, 4.69) is 20.2 Å². The fourth-order valence-electron chi connectivity index (χ4n) is 1.72. The van der Waals surface area contributed by atoms with Gasteiger partial charge in [0.25, 0.3) is 0 Å². The Morgan fingerprint density at radius 1 is 1.15 bits per heavy atom. The van der Waals surface area contributed by atoms with Crippen LogP contribution in [0.3, 0.4) is 0 Å². The largest absolute Gasteiger partial charge is 0.476 e. The Morgan fingerprint density at radius 3 is 2.75 bits per heavy atom. The summed E-state index contributed by atoms with van der Waals surface area (Å²) in [5.41, 5.74) is 0.571. The number of aromatic nitrogens is 4. The van der Waals surface area contributed by atoms with Crippen molar-refractivity contribution in [3.8, 4) is 0 Å². The molecule has 0 aliphatic carbocycles. The van der Waals surface area contributed by atoms with Crippen LogP contribution in [0.5, 0.6) is 0 Å². The molecule has 0 radical (unpaired) electrons. The third kappa shape index (κ3) is 2.30. The first-order valence-electron chi connectivity index (χ1n) is 5.68. The van der Waals surface area contributed by atoms with Crippen LogP contribution < -0.4 is 0 Å². The molecule has 6 nitrogen and oxygen atoms in total. The molecule has 0 amide bonds. The molecule has 0 unspecified atom stereocenters. The van der Waals surface area contributed by atoms with Crippen molar-refractivity contribution in [2.24, 2.45) is 0 Å². The maximum absolute atomic E-state index is 11.3. The minimum absolute atomic E-state index is 0.0766. The van der Waals surface area contributed by atoms with E-state index in [1.165, 1.54) is 18.1 Å². The van der Waals surface area contributed by atoms with Gasteiger partial charge in [0, 0.05) is 11.6 Å². The van der Waals surface area contributed by atoms with Crippen LogP contribution in [-0.4, -0.2) is 31.2 Å². The first kappa shape index (κ1) is 12.5. The van der Waals surface area contributed by atoms with Crippen molar-refractivity contribution in [1.82, 2.24) is 20.2 Å². The highest BCUT2D eigenvalue weighted by molar-refractivity contribution is 7.99. The van der Waals surface area contributed by atoms with Crippen molar-refractivity contribution in [3.05, 3.63) is 48.5 Å². The maximum atomic E-state index is 11.3. The molecule has 0 bridgehead atoms. The lowest BCUT2D eigenvalue weighted by Gasteiger charge is -2.07. The van der Waals surface area contributed by atoms with E-state index in [1.54, 1.807) is 18.3 Å². The van der Waals surface area contributed by atoms with E-state index in [0.29, 0.717) is 15.4 Å². The van der Waals surface area contributed by atoms with E-state index < -0.39 is 5.97 Å². The number of fused-ring (bicyclic) bond motifs is 1. The molecular weight excluding hydrogens is 276 g/mol. The molecule has 20 heavy (non-hydrogen) atoms. The summed E-state index contributed by atoms with van der Waals surface area (Å²) in [5, 5.41) is 18.4. The average molecular weight is 284 g/mol. The van der Waals surface area contributed by atoms with Crippen LogP contribution in [0, 0.1) is 0 Å². The van der Waals surface area contributed by atoms with Crippen molar-refractivity contribution in [2.45, 2.75) is 9.92 Å². The Bertz CT molecular complexity index is 780. The predicted octanol–water partition coefficient (Wildman–Crippen LogP) is 2.27. The molecular formula is C13H8N4O2S. The second-order valence-electron chi connectivity index (χ2n) is 3.85. The molecule has 0 atom stereocenters. The first-order valence-corrected chi connectivity index (χ1v) is 6.50. The fourth-order valence-corrected chi connectivity index (χ4v) is 2.66. The summed E-state index contributed by atoms with van der Waals surface area (Å²) in [6, 6.07) is 8.99. The topological polar surface area (TPSA) is 88.9 Å². The van der Waals surface area contributed by atoms with E-state index in [9.17, 15) is 9.90 Å². The predicted molar refractivity (Wildman–Crippen MR) is 72.7 cm³/mol. The zero-order valence-electron chi connectivity index (χ0n) is 10.1. The highest BCUT2D eigenvalue weighted by atomic mass is 32.2. The number of carbonyl (C=O) groups is 1. The van der Waals surface area contributed by atoms with E-state index in [0.717, 1.165) is 5.39 Å². The Kier molecular flexibility index (Phi) is 3.26. The van der Waals surface area contributed by atoms with Gasteiger partial charge in [-0.1, -0.05) is 30.0 Å². The molecule has 98 valence electrons. The van der Waals surface area contributed by atoms with Gasteiger partial charge in [-0.25, -0.2) is 14.8 Å². The summed E-state index contributed by atoms with van der Waals surface area (Å²) >= 11 is 1.24. The number of nitrogens with zero attached hydrogens (tertiary/aromatic N) is 4. The number of carboxylic acids is 1. The van der Waals surface area contributed by atoms with Crippen LogP contribution in [0.2, 0.25) is 0 Å². The maximum Gasteiger partial charge on any atom is 0.357 e. The van der Waals surface area contributed by atoms with Gasteiger partial charge < -0.3 is 5.11 Å². The van der Waals surface area contributed by atoms with Gasteiger partial charge in [-0.05, 0) is 12.1 Å². The molecule has 2 aromatic heterocycles. The normalized spacial score (nSPS) is 10.6. The second kappa shape index (κ2) is 5.22.